The van der Waals surface area contributed by atoms with E-state index >= 15 is 0 Å². The Bertz CT molecular complexity index is 609. The molecule has 112 valence electrons. The molecule has 0 unspecified atom stereocenters. The number of aliphatic hydroxyl groups is 1. The van der Waals surface area contributed by atoms with Crippen molar-refractivity contribution in [3.63, 3.8) is 0 Å². The second kappa shape index (κ2) is 6.13. The molecule has 0 radical (unpaired) electrons. The normalized spacial score (nSPS) is 11.5. The lowest BCUT2D eigenvalue weighted by Crippen LogP contribution is -2.07. The van der Waals surface area contributed by atoms with Gasteiger partial charge in [0, 0.05) is 11.8 Å². The standard InChI is InChI=1S/C15H14F3NO2/c1-2-21-13-6-10(9-20)5-12(7-13)11-3-4-14(19-8-11)15(16,17)18/h3-8,20H,2,9H2,1H3. The zero-order valence-corrected chi connectivity index (χ0v) is 11.3. The van der Waals surface area contributed by atoms with E-state index in [0.717, 1.165) is 12.3 Å². The van der Waals surface area contributed by atoms with Crippen LogP contribution in [-0.4, -0.2) is 16.7 Å². The first kappa shape index (κ1) is 15.3. The first-order chi connectivity index (χ1) is 9.94. The Kier molecular flexibility index (Phi) is 4.47. The Labute approximate surface area is 120 Å². The van der Waals surface area contributed by atoms with E-state index < -0.39 is 11.9 Å². The molecule has 1 N–H and O–H groups in total. The van der Waals surface area contributed by atoms with Gasteiger partial charge >= 0.3 is 6.18 Å². The minimum atomic E-state index is -4.46. The average Bonchev–Trinajstić information content (AvgIpc) is 2.46. The van der Waals surface area contributed by atoms with Crippen LogP contribution in [0, 0.1) is 0 Å². The van der Waals surface area contributed by atoms with Gasteiger partial charge in [-0.1, -0.05) is 6.07 Å². The smallest absolute Gasteiger partial charge is 0.433 e. The monoisotopic (exact) mass is 297 g/mol. The van der Waals surface area contributed by atoms with Crippen molar-refractivity contribution in [3.8, 4) is 16.9 Å². The van der Waals surface area contributed by atoms with Gasteiger partial charge in [0.1, 0.15) is 11.4 Å². The van der Waals surface area contributed by atoms with Gasteiger partial charge in [-0.2, -0.15) is 13.2 Å². The zero-order chi connectivity index (χ0) is 15.5. The third kappa shape index (κ3) is 3.72. The number of rotatable bonds is 4. The van der Waals surface area contributed by atoms with Crippen molar-refractivity contribution in [2.75, 3.05) is 6.61 Å². The molecule has 2 aromatic rings. The number of ether oxygens (including phenoxy) is 1. The van der Waals surface area contributed by atoms with Gasteiger partial charge in [-0.3, -0.25) is 4.98 Å². The van der Waals surface area contributed by atoms with Crippen LogP contribution in [0.5, 0.6) is 5.75 Å². The number of pyridine rings is 1. The van der Waals surface area contributed by atoms with E-state index in [1.807, 2.05) is 6.92 Å². The predicted molar refractivity (Wildman–Crippen MR) is 71.8 cm³/mol. The van der Waals surface area contributed by atoms with Gasteiger partial charge in [0.2, 0.25) is 0 Å². The summed E-state index contributed by atoms with van der Waals surface area (Å²) in [5.41, 5.74) is 0.857. The molecule has 0 atom stereocenters. The summed E-state index contributed by atoms with van der Waals surface area (Å²) in [6, 6.07) is 7.35. The fourth-order valence-electron chi connectivity index (χ4n) is 1.90. The SMILES string of the molecule is CCOc1cc(CO)cc(-c2ccc(C(F)(F)F)nc2)c1. The minimum Gasteiger partial charge on any atom is -0.494 e. The number of benzene rings is 1. The molecule has 0 spiro atoms. The molecule has 6 heteroatoms. The second-order valence-electron chi connectivity index (χ2n) is 4.39. The van der Waals surface area contributed by atoms with E-state index in [1.54, 1.807) is 18.2 Å². The molecule has 0 aliphatic carbocycles. The van der Waals surface area contributed by atoms with Crippen LogP contribution in [-0.2, 0) is 12.8 Å². The lowest BCUT2D eigenvalue weighted by Gasteiger charge is -2.10. The maximum atomic E-state index is 12.5. The topological polar surface area (TPSA) is 42.4 Å². The van der Waals surface area contributed by atoms with Gasteiger partial charge in [-0.25, -0.2) is 0 Å². The van der Waals surface area contributed by atoms with E-state index in [9.17, 15) is 18.3 Å². The van der Waals surface area contributed by atoms with E-state index in [-0.39, 0.29) is 6.61 Å². The number of aliphatic hydroxyl groups excluding tert-OH is 1. The Morgan fingerprint density at radius 1 is 1.14 bits per heavy atom. The molecule has 0 amide bonds. The summed E-state index contributed by atoms with van der Waals surface area (Å²) in [7, 11) is 0. The van der Waals surface area contributed by atoms with Gasteiger partial charge in [0.05, 0.1) is 13.2 Å². The Balaban J connectivity index is 2.39. The van der Waals surface area contributed by atoms with Crippen molar-refractivity contribution in [2.24, 2.45) is 0 Å². The van der Waals surface area contributed by atoms with Crippen LogP contribution in [0.25, 0.3) is 11.1 Å². The fourth-order valence-corrected chi connectivity index (χ4v) is 1.90. The number of hydrogen-bond donors (Lipinski definition) is 1. The number of halogens is 3. The van der Waals surface area contributed by atoms with E-state index in [0.29, 0.717) is 29.0 Å². The quantitative estimate of drug-likeness (QED) is 0.936. The second-order valence-corrected chi connectivity index (χ2v) is 4.39. The predicted octanol–water partition coefficient (Wildman–Crippen LogP) is 3.66. The zero-order valence-electron chi connectivity index (χ0n) is 11.3. The molecule has 1 aromatic heterocycles. The molecule has 3 nitrogen and oxygen atoms in total. The molecule has 0 saturated heterocycles. The molecule has 2 rings (SSSR count). The van der Waals surface area contributed by atoms with Crippen molar-refractivity contribution in [1.29, 1.82) is 0 Å². The molecule has 0 aliphatic rings. The van der Waals surface area contributed by atoms with Crippen molar-refractivity contribution < 1.29 is 23.0 Å². The molecular weight excluding hydrogens is 283 g/mol. The molecule has 21 heavy (non-hydrogen) atoms. The van der Waals surface area contributed by atoms with Crippen LogP contribution < -0.4 is 4.74 Å². The summed E-state index contributed by atoms with van der Waals surface area (Å²) in [4.78, 5) is 3.43. The van der Waals surface area contributed by atoms with Crippen LogP contribution >= 0.6 is 0 Å². The maximum Gasteiger partial charge on any atom is 0.433 e. The van der Waals surface area contributed by atoms with Gasteiger partial charge in [-0.05, 0) is 42.3 Å². The molecule has 0 aliphatic heterocycles. The van der Waals surface area contributed by atoms with E-state index in [2.05, 4.69) is 4.98 Å². The van der Waals surface area contributed by atoms with Crippen molar-refractivity contribution >= 4 is 0 Å². The highest BCUT2D eigenvalue weighted by molar-refractivity contribution is 5.65. The third-order valence-electron chi connectivity index (χ3n) is 2.85. The fraction of sp³-hybridized carbons (Fsp3) is 0.267. The van der Waals surface area contributed by atoms with Gasteiger partial charge in [0.25, 0.3) is 0 Å². The van der Waals surface area contributed by atoms with Crippen molar-refractivity contribution in [3.05, 3.63) is 47.8 Å². The number of hydrogen-bond acceptors (Lipinski definition) is 3. The first-order valence-electron chi connectivity index (χ1n) is 6.35. The summed E-state index contributed by atoms with van der Waals surface area (Å²) in [5.74, 6) is 0.555. The van der Waals surface area contributed by atoms with Crippen LogP contribution in [0.1, 0.15) is 18.2 Å². The third-order valence-corrected chi connectivity index (χ3v) is 2.85. The molecule has 0 saturated carbocycles. The molecule has 1 heterocycles. The summed E-state index contributed by atoms with van der Waals surface area (Å²) in [6.45, 7) is 2.10. The molecule has 1 aromatic carbocycles. The summed E-state index contributed by atoms with van der Waals surface area (Å²) < 4.78 is 42.8. The average molecular weight is 297 g/mol. The Morgan fingerprint density at radius 3 is 2.43 bits per heavy atom. The van der Waals surface area contributed by atoms with Crippen molar-refractivity contribution in [2.45, 2.75) is 19.7 Å². The van der Waals surface area contributed by atoms with Crippen molar-refractivity contribution in [1.82, 2.24) is 4.98 Å². The van der Waals surface area contributed by atoms with Crippen LogP contribution in [0.2, 0.25) is 0 Å². The van der Waals surface area contributed by atoms with E-state index in [4.69, 9.17) is 4.74 Å². The van der Waals surface area contributed by atoms with Gasteiger partial charge < -0.3 is 9.84 Å². The maximum absolute atomic E-state index is 12.5. The summed E-state index contributed by atoms with van der Waals surface area (Å²) in [5, 5.41) is 9.23. The van der Waals surface area contributed by atoms with Crippen LogP contribution in [0.3, 0.4) is 0 Å². The molecular formula is C15H14F3NO2. The number of aromatic nitrogens is 1. The Hall–Kier alpha value is -2.08. The number of nitrogens with zero attached hydrogens (tertiary/aromatic N) is 1. The highest BCUT2D eigenvalue weighted by Crippen LogP contribution is 2.30. The summed E-state index contributed by atoms with van der Waals surface area (Å²) >= 11 is 0. The van der Waals surface area contributed by atoms with Crippen LogP contribution in [0.4, 0.5) is 13.2 Å². The molecule has 0 fully saturated rings. The minimum absolute atomic E-state index is 0.179. The van der Waals surface area contributed by atoms with E-state index in [1.165, 1.54) is 6.07 Å². The largest absolute Gasteiger partial charge is 0.494 e. The Morgan fingerprint density at radius 2 is 1.90 bits per heavy atom. The highest BCUT2D eigenvalue weighted by atomic mass is 19.4. The molecule has 0 bridgehead atoms. The lowest BCUT2D eigenvalue weighted by molar-refractivity contribution is -0.141. The van der Waals surface area contributed by atoms with Crippen LogP contribution in [0.15, 0.2) is 36.5 Å². The highest BCUT2D eigenvalue weighted by Gasteiger charge is 2.32. The summed E-state index contributed by atoms with van der Waals surface area (Å²) in [6.07, 6.45) is -3.29. The van der Waals surface area contributed by atoms with Gasteiger partial charge in [0.15, 0.2) is 0 Å². The lowest BCUT2D eigenvalue weighted by atomic mass is 10.0. The van der Waals surface area contributed by atoms with Gasteiger partial charge in [-0.15, -0.1) is 0 Å². The number of alkyl halides is 3. The first-order valence-corrected chi connectivity index (χ1v) is 6.35.